The number of piperazine rings is 1. The van der Waals surface area contributed by atoms with E-state index in [0.717, 1.165) is 44.5 Å². The smallest absolute Gasteiger partial charge is 0.253 e. The maximum atomic E-state index is 13.0. The summed E-state index contributed by atoms with van der Waals surface area (Å²) in [7, 11) is 0. The molecule has 3 aliphatic rings. The lowest BCUT2D eigenvalue weighted by atomic mass is 9.81. The Balaban J connectivity index is 1.24. The molecule has 0 N–H and O–H groups in total. The zero-order chi connectivity index (χ0) is 22.2. The molecule has 6 nitrogen and oxygen atoms in total. The molecule has 3 amide bonds. The SMILES string of the molecule is O=C(c1ccc(N2C(=O)[C@@H]3CCCC[C@H]3C2=O)cc1)N1CCN(c2cccc(Cl)c2)CC1. The maximum absolute atomic E-state index is 13.0. The van der Waals surface area contributed by atoms with Crippen LogP contribution in [0.4, 0.5) is 11.4 Å². The number of amides is 3. The summed E-state index contributed by atoms with van der Waals surface area (Å²) < 4.78 is 0. The minimum atomic E-state index is -0.173. The van der Waals surface area contributed by atoms with Crippen LogP contribution in [0.1, 0.15) is 36.0 Å². The molecule has 32 heavy (non-hydrogen) atoms. The van der Waals surface area contributed by atoms with Crippen molar-refractivity contribution in [3.05, 3.63) is 59.1 Å². The van der Waals surface area contributed by atoms with Crippen molar-refractivity contribution >= 4 is 40.7 Å². The molecule has 2 aromatic carbocycles. The zero-order valence-corrected chi connectivity index (χ0v) is 18.6. The van der Waals surface area contributed by atoms with Crippen LogP contribution in [0, 0.1) is 11.8 Å². The van der Waals surface area contributed by atoms with E-state index in [4.69, 9.17) is 11.6 Å². The van der Waals surface area contributed by atoms with Crippen molar-refractivity contribution in [3.63, 3.8) is 0 Å². The number of benzene rings is 2. The van der Waals surface area contributed by atoms with Crippen molar-refractivity contribution in [2.75, 3.05) is 36.0 Å². The number of rotatable bonds is 3. The third-order valence-corrected chi connectivity index (χ3v) is 7.19. The highest BCUT2D eigenvalue weighted by atomic mass is 35.5. The molecule has 0 unspecified atom stereocenters. The minimum Gasteiger partial charge on any atom is -0.368 e. The molecular formula is C25H26ClN3O3. The van der Waals surface area contributed by atoms with E-state index >= 15 is 0 Å². The second-order valence-electron chi connectivity index (χ2n) is 8.82. The third kappa shape index (κ3) is 3.77. The molecule has 7 heteroatoms. The van der Waals surface area contributed by atoms with Crippen LogP contribution in [0.15, 0.2) is 48.5 Å². The van der Waals surface area contributed by atoms with E-state index in [-0.39, 0.29) is 29.6 Å². The number of anilines is 2. The zero-order valence-electron chi connectivity index (χ0n) is 17.9. The Hall–Kier alpha value is -2.86. The van der Waals surface area contributed by atoms with Gasteiger partial charge in [-0.3, -0.25) is 19.3 Å². The molecule has 0 aromatic heterocycles. The van der Waals surface area contributed by atoms with E-state index in [1.165, 1.54) is 4.90 Å². The summed E-state index contributed by atoms with van der Waals surface area (Å²) in [4.78, 5) is 44.0. The largest absolute Gasteiger partial charge is 0.368 e. The average molecular weight is 452 g/mol. The van der Waals surface area contributed by atoms with Gasteiger partial charge in [0, 0.05) is 42.5 Å². The molecule has 1 saturated carbocycles. The molecular weight excluding hydrogens is 426 g/mol. The van der Waals surface area contributed by atoms with E-state index in [0.29, 0.717) is 29.4 Å². The first-order valence-electron chi connectivity index (χ1n) is 11.3. The molecule has 2 saturated heterocycles. The van der Waals surface area contributed by atoms with Gasteiger partial charge in [0.1, 0.15) is 0 Å². The van der Waals surface area contributed by atoms with Crippen LogP contribution in [0.25, 0.3) is 0 Å². The van der Waals surface area contributed by atoms with Crippen LogP contribution in [0.2, 0.25) is 5.02 Å². The van der Waals surface area contributed by atoms with Gasteiger partial charge in [-0.25, -0.2) is 0 Å². The molecule has 5 rings (SSSR count). The number of imide groups is 1. The monoisotopic (exact) mass is 451 g/mol. The van der Waals surface area contributed by atoms with E-state index in [9.17, 15) is 14.4 Å². The first-order chi connectivity index (χ1) is 15.5. The number of hydrogen-bond donors (Lipinski definition) is 0. The van der Waals surface area contributed by atoms with Gasteiger partial charge in [0.2, 0.25) is 11.8 Å². The van der Waals surface area contributed by atoms with Gasteiger partial charge in [-0.2, -0.15) is 0 Å². The normalized spacial score (nSPS) is 23.5. The van der Waals surface area contributed by atoms with Crippen LogP contribution in [-0.2, 0) is 9.59 Å². The summed E-state index contributed by atoms with van der Waals surface area (Å²) in [6.07, 6.45) is 3.60. The number of halogens is 1. The molecule has 2 atom stereocenters. The average Bonchev–Trinajstić information content (AvgIpc) is 3.09. The van der Waals surface area contributed by atoms with Crippen LogP contribution in [0.3, 0.4) is 0 Å². The van der Waals surface area contributed by atoms with Crippen molar-refractivity contribution in [2.24, 2.45) is 11.8 Å². The van der Waals surface area contributed by atoms with Crippen molar-refractivity contribution in [1.29, 1.82) is 0 Å². The molecule has 0 spiro atoms. The van der Waals surface area contributed by atoms with E-state index in [1.807, 2.05) is 29.2 Å². The number of carbonyl (C=O) groups excluding carboxylic acids is 3. The van der Waals surface area contributed by atoms with Gasteiger partial charge >= 0.3 is 0 Å². The van der Waals surface area contributed by atoms with Crippen molar-refractivity contribution in [2.45, 2.75) is 25.7 Å². The third-order valence-electron chi connectivity index (χ3n) is 6.95. The van der Waals surface area contributed by atoms with Gasteiger partial charge in [0.15, 0.2) is 0 Å². The Morgan fingerprint density at radius 3 is 2.03 bits per heavy atom. The van der Waals surface area contributed by atoms with Gasteiger partial charge in [0.25, 0.3) is 5.91 Å². The van der Waals surface area contributed by atoms with Gasteiger partial charge in [-0.15, -0.1) is 0 Å². The van der Waals surface area contributed by atoms with Crippen LogP contribution < -0.4 is 9.80 Å². The van der Waals surface area contributed by atoms with Crippen molar-refractivity contribution < 1.29 is 14.4 Å². The standard InChI is InChI=1S/C25H26ClN3O3/c26-18-4-3-5-20(16-18)27-12-14-28(15-13-27)23(30)17-8-10-19(11-9-17)29-24(31)21-6-1-2-7-22(21)25(29)32/h3-5,8-11,16,21-22H,1-2,6-7,12-15H2/t21-,22-/m1/s1. The van der Waals surface area contributed by atoms with Crippen LogP contribution in [0.5, 0.6) is 0 Å². The highest BCUT2D eigenvalue weighted by molar-refractivity contribution is 6.30. The van der Waals surface area contributed by atoms with Gasteiger partial charge < -0.3 is 9.80 Å². The number of hydrogen-bond acceptors (Lipinski definition) is 4. The second-order valence-corrected chi connectivity index (χ2v) is 9.25. The summed E-state index contributed by atoms with van der Waals surface area (Å²) in [5, 5.41) is 0.704. The number of fused-ring (bicyclic) bond motifs is 1. The fourth-order valence-electron chi connectivity index (χ4n) is 5.19. The Labute approximate surface area is 192 Å². The fourth-order valence-corrected chi connectivity index (χ4v) is 5.38. The number of nitrogens with zero attached hydrogens (tertiary/aromatic N) is 3. The lowest BCUT2D eigenvalue weighted by Crippen LogP contribution is -2.48. The molecule has 166 valence electrons. The highest BCUT2D eigenvalue weighted by Gasteiger charge is 2.48. The highest BCUT2D eigenvalue weighted by Crippen LogP contribution is 2.40. The molecule has 0 bridgehead atoms. The number of carbonyl (C=O) groups is 3. The summed E-state index contributed by atoms with van der Waals surface area (Å²) in [6.45, 7) is 2.73. The van der Waals surface area contributed by atoms with Crippen LogP contribution in [-0.4, -0.2) is 48.8 Å². The lowest BCUT2D eigenvalue weighted by molar-refractivity contribution is -0.122. The summed E-state index contributed by atoms with van der Waals surface area (Å²) in [5.41, 5.74) is 2.20. The molecule has 0 radical (unpaired) electrons. The van der Waals surface area contributed by atoms with Gasteiger partial charge in [-0.1, -0.05) is 30.5 Å². The van der Waals surface area contributed by atoms with E-state index in [2.05, 4.69) is 4.90 Å². The maximum Gasteiger partial charge on any atom is 0.253 e. The first kappa shape index (κ1) is 21.0. The van der Waals surface area contributed by atoms with Crippen molar-refractivity contribution in [3.8, 4) is 0 Å². The molecule has 2 aromatic rings. The van der Waals surface area contributed by atoms with Gasteiger partial charge in [0.05, 0.1) is 17.5 Å². The first-order valence-corrected chi connectivity index (χ1v) is 11.7. The summed E-state index contributed by atoms with van der Waals surface area (Å²) in [5.74, 6) is -0.552. The lowest BCUT2D eigenvalue weighted by Gasteiger charge is -2.36. The Kier molecular flexibility index (Phi) is 5.64. The molecule has 1 aliphatic carbocycles. The Morgan fingerprint density at radius 1 is 0.812 bits per heavy atom. The minimum absolute atomic E-state index is 0.0324. The molecule has 2 heterocycles. The Bertz CT molecular complexity index is 1020. The quantitative estimate of drug-likeness (QED) is 0.662. The second kappa shape index (κ2) is 8.58. The molecule has 3 fully saturated rings. The molecule has 2 aliphatic heterocycles. The van der Waals surface area contributed by atoms with E-state index in [1.54, 1.807) is 24.3 Å². The fraction of sp³-hybridized carbons (Fsp3) is 0.400. The van der Waals surface area contributed by atoms with E-state index < -0.39 is 0 Å². The van der Waals surface area contributed by atoms with Crippen LogP contribution >= 0.6 is 11.6 Å². The predicted octanol–water partition coefficient (Wildman–Crippen LogP) is 3.98. The van der Waals surface area contributed by atoms with Crippen molar-refractivity contribution in [1.82, 2.24) is 4.90 Å². The topological polar surface area (TPSA) is 60.9 Å². The summed E-state index contributed by atoms with van der Waals surface area (Å²) >= 11 is 6.10. The Morgan fingerprint density at radius 2 is 1.44 bits per heavy atom. The predicted molar refractivity (Wildman–Crippen MR) is 124 cm³/mol. The van der Waals surface area contributed by atoms with Gasteiger partial charge in [-0.05, 0) is 55.3 Å². The summed E-state index contributed by atoms with van der Waals surface area (Å²) in [6, 6.07) is 14.7.